The Hall–Kier alpha value is -1.82. The number of rotatable bonds is 1. The molecule has 0 bridgehead atoms. The Labute approximate surface area is 108 Å². The van der Waals surface area contributed by atoms with Crippen molar-refractivity contribution in [1.29, 1.82) is 5.26 Å². The molecule has 1 fully saturated rings. The first-order chi connectivity index (χ1) is 8.54. The zero-order valence-corrected chi connectivity index (χ0v) is 11.2. The van der Waals surface area contributed by atoms with Gasteiger partial charge in [0.05, 0.1) is 6.07 Å². The molecule has 2 rings (SSSR count). The highest BCUT2D eigenvalue weighted by Crippen LogP contribution is 2.23. The van der Waals surface area contributed by atoms with E-state index in [9.17, 15) is 4.79 Å². The van der Waals surface area contributed by atoms with E-state index in [0.717, 1.165) is 29.5 Å². The second kappa shape index (κ2) is 4.81. The molecule has 1 atom stereocenters. The molecule has 0 aliphatic carbocycles. The highest BCUT2D eigenvalue weighted by atomic mass is 16.2. The second-order valence-corrected chi connectivity index (χ2v) is 5.06. The maximum atomic E-state index is 12.5. The summed E-state index contributed by atoms with van der Waals surface area (Å²) in [6, 6.07) is 6.02. The first-order valence-electron chi connectivity index (χ1n) is 6.33. The van der Waals surface area contributed by atoms with E-state index in [-0.39, 0.29) is 11.9 Å². The fourth-order valence-corrected chi connectivity index (χ4v) is 2.80. The molecule has 1 saturated heterocycles. The lowest BCUT2D eigenvalue weighted by Crippen LogP contribution is -2.35. The lowest BCUT2D eigenvalue weighted by molar-refractivity contribution is 0.0763. The molecule has 1 aliphatic heterocycles. The van der Waals surface area contributed by atoms with Crippen LogP contribution in [0, 0.1) is 32.1 Å². The van der Waals surface area contributed by atoms with Gasteiger partial charge in [-0.1, -0.05) is 17.7 Å². The van der Waals surface area contributed by atoms with Crippen LogP contribution in [0.3, 0.4) is 0 Å². The van der Waals surface area contributed by atoms with Crippen molar-refractivity contribution in [1.82, 2.24) is 4.90 Å². The van der Waals surface area contributed by atoms with Crippen LogP contribution in [0.15, 0.2) is 12.1 Å². The van der Waals surface area contributed by atoms with Crippen molar-refractivity contribution in [2.45, 2.75) is 39.7 Å². The van der Waals surface area contributed by atoms with Gasteiger partial charge in [0.1, 0.15) is 6.04 Å². The molecule has 1 aromatic carbocycles. The maximum absolute atomic E-state index is 12.5. The molecule has 94 valence electrons. The summed E-state index contributed by atoms with van der Waals surface area (Å²) in [5, 5.41) is 9.07. The minimum absolute atomic E-state index is 0.00838. The normalized spacial score (nSPS) is 18.8. The van der Waals surface area contributed by atoms with Crippen molar-refractivity contribution < 1.29 is 4.79 Å². The quantitative estimate of drug-likeness (QED) is 0.760. The molecule has 3 nitrogen and oxygen atoms in total. The van der Waals surface area contributed by atoms with E-state index in [1.807, 2.05) is 32.9 Å². The van der Waals surface area contributed by atoms with Crippen molar-refractivity contribution in [2.24, 2.45) is 0 Å². The first kappa shape index (κ1) is 12.6. The van der Waals surface area contributed by atoms with Crippen LogP contribution in [0.1, 0.15) is 39.9 Å². The zero-order chi connectivity index (χ0) is 13.3. The molecule has 1 heterocycles. The molecule has 1 amide bonds. The molecule has 18 heavy (non-hydrogen) atoms. The molecular weight excluding hydrogens is 224 g/mol. The lowest BCUT2D eigenvalue weighted by Gasteiger charge is -2.22. The van der Waals surface area contributed by atoms with Crippen LogP contribution in [0.5, 0.6) is 0 Å². The average molecular weight is 242 g/mol. The number of carbonyl (C=O) groups is 1. The van der Waals surface area contributed by atoms with E-state index < -0.39 is 0 Å². The Bertz CT molecular complexity index is 505. The third kappa shape index (κ3) is 2.11. The van der Waals surface area contributed by atoms with Gasteiger partial charge in [0.15, 0.2) is 0 Å². The number of carbonyl (C=O) groups excluding carboxylic acids is 1. The van der Waals surface area contributed by atoms with Crippen LogP contribution in [0.25, 0.3) is 0 Å². The number of aryl methyl sites for hydroxylation is 3. The number of likely N-dealkylation sites (tertiary alicyclic amines) is 1. The maximum Gasteiger partial charge on any atom is 0.255 e. The molecule has 0 spiro atoms. The minimum Gasteiger partial charge on any atom is -0.323 e. The van der Waals surface area contributed by atoms with E-state index in [4.69, 9.17) is 5.26 Å². The molecule has 0 aromatic heterocycles. The van der Waals surface area contributed by atoms with Gasteiger partial charge in [-0.05, 0) is 44.7 Å². The van der Waals surface area contributed by atoms with Gasteiger partial charge in [-0.15, -0.1) is 0 Å². The molecule has 1 unspecified atom stereocenters. The summed E-state index contributed by atoms with van der Waals surface area (Å²) in [7, 11) is 0. The number of hydrogen-bond acceptors (Lipinski definition) is 2. The lowest BCUT2D eigenvalue weighted by atomic mass is 9.98. The SMILES string of the molecule is Cc1cc(C)c(C(=O)N2CCCC2C#N)c(C)c1. The number of hydrogen-bond donors (Lipinski definition) is 0. The Morgan fingerprint density at radius 3 is 2.50 bits per heavy atom. The van der Waals surface area contributed by atoms with Gasteiger partial charge in [-0.2, -0.15) is 5.26 Å². The summed E-state index contributed by atoms with van der Waals surface area (Å²) in [6.07, 6.45) is 1.72. The minimum atomic E-state index is -0.252. The highest BCUT2D eigenvalue weighted by molar-refractivity contribution is 5.97. The number of benzene rings is 1. The molecular formula is C15H18N2O. The predicted molar refractivity (Wildman–Crippen MR) is 70.3 cm³/mol. The number of nitriles is 1. The smallest absolute Gasteiger partial charge is 0.255 e. The van der Waals surface area contributed by atoms with Crippen molar-refractivity contribution in [3.05, 3.63) is 34.4 Å². The first-order valence-corrected chi connectivity index (χ1v) is 6.33. The monoisotopic (exact) mass is 242 g/mol. The van der Waals surface area contributed by atoms with Gasteiger partial charge in [0, 0.05) is 12.1 Å². The average Bonchev–Trinajstić information content (AvgIpc) is 2.75. The van der Waals surface area contributed by atoms with Gasteiger partial charge >= 0.3 is 0 Å². The van der Waals surface area contributed by atoms with Gasteiger partial charge in [0.25, 0.3) is 5.91 Å². The van der Waals surface area contributed by atoms with E-state index >= 15 is 0 Å². The summed E-state index contributed by atoms with van der Waals surface area (Å²) < 4.78 is 0. The number of nitrogens with zero attached hydrogens (tertiary/aromatic N) is 2. The predicted octanol–water partition coefficient (Wildman–Crippen LogP) is 2.74. The fourth-order valence-electron chi connectivity index (χ4n) is 2.80. The Balaban J connectivity index is 2.38. The topological polar surface area (TPSA) is 44.1 Å². The summed E-state index contributed by atoms with van der Waals surface area (Å²) >= 11 is 0. The van der Waals surface area contributed by atoms with Crippen LogP contribution in [0.2, 0.25) is 0 Å². The zero-order valence-electron chi connectivity index (χ0n) is 11.2. The van der Waals surface area contributed by atoms with Gasteiger partial charge in [-0.3, -0.25) is 4.79 Å². The Morgan fingerprint density at radius 2 is 1.94 bits per heavy atom. The van der Waals surface area contributed by atoms with Crippen molar-refractivity contribution in [3.8, 4) is 6.07 Å². The van der Waals surface area contributed by atoms with Crippen molar-refractivity contribution in [2.75, 3.05) is 6.54 Å². The van der Waals surface area contributed by atoms with Crippen molar-refractivity contribution in [3.63, 3.8) is 0 Å². The van der Waals surface area contributed by atoms with Crippen molar-refractivity contribution >= 4 is 5.91 Å². The van der Waals surface area contributed by atoms with Crippen LogP contribution in [-0.2, 0) is 0 Å². The molecule has 1 aliphatic rings. The van der Waals surface area contributed by atoms with E-state index in [1.54, 1.807) is 4.90 Å². The van der Waals surface area contributed by atoms with Gasteiger partial charge in [0.2, 0.25) is 0 Å². The van der Waals surface area contributed by atoms with Crippen LogP contribution >= 0.6 is 0 Å². The molecule has 0 N–H and O–H groups in total. The molecule has 1 aromatic rings. The second-order valence-electron chi connectivity index (χ2n) is 5.06. The Kier molecular flexibility index (Phi) is 3.38. The Morgan fingerprint density at radius 1 is 1.33 bits per heavy atom. The molecule has 0 saturated carbocycles. The largest absolute Gasteiger partial charge is 0.323 e. The fraction of sp³-hybridized carbons (Fsp3) is 0.467. The van der Waals surface area contributed by atoms with Crippen LogP contribution in [0.4, 0.5) is 0 Å². The molecule has 0 radical (unpaired) electrons. The summed E-state index contributed by atoms with van der Waals surface area (Å²) in [5.41, 5.74) is 3.93. The highest BCUT2D eigenvalue weighted by Gasteiger charge is 2.30. The standard InChI is InChI=1S/C15H18N2O/c1-10-7-11(2)14(12(3)8-10)15(18)17-6-4-5-13(17)9-16/h7-8,13H,4-6H2,1-3H3. The number of amides is 1. The summed E-state index contributed by atoms with van der Waals surface area (Å²) in [6.45, 7) is 6.65. The molecule has 3 heteroatoms. The third-order valence-electron chi connectivity index (χ3n) is 3.55. The van der Waals surface area contributed by atoms with Gasteiger partial charge < -0.3 is 4.90 Å². The summed E-state index contributed by atoms with van der Waals surface area (Å²) in [5.74, 6) is 0.00838. The van der Waals surface area contributed by atoms with Crippen LogP contribution in [-0.4, -0.2) is 23.4 Å². The van der Waals surface area contributed by atoms with E-state index in [0.29, 0.717) is 6.54 Å². The summed E-state index contributed by atoms with van der Waals surface area (Å²) in [4.78, 5) is 14.3. The van der Waals surface area contributed by atoms with E-state index in [1.165, 1.54) is 5.56 Å². The van der Waals surface area contributed by atoms with E-state index in [2.05, 4.69) is 6.07 Å². The van der Waals surface area contributed by atoms with Gasteiger partial charge in [-0.25, -0.2) is 0 Å². The third-order valence-corrected chi connectivity index (χ3v) is 3.55. The van der Waals surface area contributed by atoms with Crippen LogP contribution < -0.4 is 0 Å².